The second-order valence-electron chi connectivity index (χ2n) is 4.47. The van der Waals surface area contributed by atoms with Crippen molar-refractivity contribution >= 4 is 15.9 Å². The Morgan fingerprint density at radius 2 is 2.33 bits per heavy atom. The Hall–Kier alpha value is -0.380. The number of hydrogen-bond acceptors (Lipinski definition) is 2. The van der Waals surface area contributed by atoms with E-state index in [-0.39, 0.29) is 0 Å². The lowest BCUT2D eigenvalue weighted by atomic mass is 9.78. The van der Waals surface area contributed by atoms with Crippen molar-refractivity contribution < 1.29 is 0 Å². The molecule has 1 aliphatic carbocycles. The number of rotatable bonds is 2. The molecule has 0 aromatic carbocycles. The largest absolute Gasteiger partial charge is 0.249 e. The first-order valence-corrected chi connectivity index (χ1v) is 6.66. The predicted molar refractivity (Wildman–Crippen MR) is 64.2 cm³/mol. The zero-order chi connectivity index (χ0) is 10.8. The van der Waals surface area contributed by atoms with Crippen molar-refractivity contribution in [3.8, 4) is 0 Å². The molecule has 0 N–H and O–H groups in total. The van der Waals surface area contributed by atoms with Gasteiger partial charge in [0.25, 0.3) is 0 Å². The molecule has 1 saturated carbocycles. The fraction of sp³-hybridized carbons (Fsp3) is 0.818. The van der Waals surface area contributed by atoms with E-state index < -0.39 is 0 Å². The van der Waals surface area contributed by atoms with Gasteiger partial charge in [0.05, 0.1) is 11.9 Å². The SMILES string of the molecule is CCn1nncc1C1CC(Br)CCC1C. The van der Waals surface area contributed by atoms with Gasteiger partial charge in [-0.1, -0.05) is 28.1 Å². The lowest BCUT2D eigenvalue weighted by molar-refractivity contribution is 0.324. The van der Waals surface area contributed by atoms with Crippen LogP contribution >= 0.6 is 15.9 Å². The van der Waals surface area contributed by atoms with Gasteiger partial charge in [-0.2, -0.15) is 0 Å². The molecule has 1 heterocycles. The fourth-order valence-corrected chi connectivity index (χ4v) is 3.15. The highest BCUT2D eigenvalue weighted by atomic mass is 79.9. The van der Waals surface area contributed by atoms with Crippen LogP contribution in [0.1, 0.15) is 44.7 Å². The van der Waals surface area contributed by atoms with Crippen molar-refractivity contribution in [3.63, 3.8) is 0 Å². The molecule has 0 saturated heterocycles. The number of halogens is 1. The van der Waals surface area contributed by atoms with Crippen molar-refractivity contribution in [2.45, 2.75) is 50.4 Å². The summed E-state index contributed by atoms with van der Waals surface area (Å²) in [5, 5.41) is 8.15. The summed E-state index contributed by atoms with van der Waals surface area (Å²) in [5.41, 5.74) is 1.31. The Morgan fingerprint density at radius 3 is 3.07 bits per heavy atom. The van der Waals surface area contributed by atoms with Gasteiger partial charge in [-0.15, -0.1) is 5.10 Å². The second-order valence-corrected chi connectivity index (χ2v) is 5.76. The number of aryl methyl sites for hydroxylation is 1. The maximum atomic E-state index is 4.12. The molecular formula is C11H18BrN3. The van der Waals surface area contributed by atoms with E-state index in [1.807, 2.05) is 10.9 Å². The monoisotopic (exact) mass is 271 g/mol. The molecule has 0 amide bonds. The van der Waals surface area contributed by atoms with Crippen molar-refractivity contribution in [2.75, 3.05) is 0 Å². The van der Waals surface area contributed by atoms with E-state index in [0.29, 0.717) is 10.7 Å². The summed E-state index contributed by atoms with van der Waals surface area (Å²) in [6.07, 6.45) is 5.76. The van der Waals surface area contributed by atoms with Crippen LogP contribution in [-0.2, 0) is 6.54 Å². The molecule has 0 radical (unpaired) electrons. The minimum Gasteiger partial charge on any atom is -0.249 e. The van der Waals surface area contributed by atoms with E-state index >= 15 is 0 Å². The molecule has 3 atom stereocenters. The quantitative estimate of drug-likeness (QED) is 0.775. The highest BCUT2D eigenvalue weighted by Gasteiger charge is 2.29. The van der Waals surface area contributed by atoms with Crippen molar-refractivity contribution in [3.05, 3.63) is 11.9 Å². The van der Waals surface area contributed by atoms with Gasteiger partial charge in [-0.25, -0.2) is 4.68 Å². The molecule has 4 heteroatoms. The molecule has 1 aromatic rings. The average molecular weight is 272 g/mol. The van der Waals surface area contributed by atoms with Crippen molar-refractivity contribution in [1.29, 1.82) is 0 Å². The molecule has 1 fully saturated rings. The first-order valence-electron chi connectivity index (χ1n) is 5.74. The van der Waals surface area contributed by atoms with Crippen LogP contribution in [0.4, 0.5) is 0 Å². The lowest BCUT2D eigenvalue weighted by Crippen LogP contribution is -2.23. The van der Waals surface area contributed by atoms with E-state index in [2.05, 4.69) is 40.1 Å². The smallest absolute Gasteiger partial charge is 0.0728 e. The second kappa shape index (κ2) is 4.64. The Bertz CT molecular complexity index is 323. The molecule has 1 aliphatic rings. The van der Waals surface area contributed by atoms with Crippen LogP contribution < -0.4 is 0 Å². The molecule has 0 spiro atoms. The number of nitrogens with zero attached hydrogens (tertiary/aromatic N) is 3. The van der Waals surface area contributed by atoms with Gasteiger partial charge in [0.15, 0.2) is 0 Å². The Balaban J connectivity index is 2.20. The van der Waals surface area contributed by atoms with Crippen molar-refractivity contribution in [1.82, 2.24) is 15.0 Å². The Morgan fingerprint density at radius 1 is 1.53 bits per heavy atom. The molecule has 3 unspecified atom stereocenters. The van der Waals surface area contributed by atoms with Crippen molar-refractivity contribution in [2.24, 2.45) is 5.92 Å². The van der Waals surface area contributed by atoms with Crippen LogP contribution in [0.15, 0.2) is 6.20 Å². The van der Waals surface area contributed by atoms with Crippen LogP contribution in [0, 0.1) is 5.92 Å². The first kappa shape index (κ1) is 11.1. The highest BCUT2D eigenvalue weighted by molar-refractivity contribution is 9.09. The maximum Gasteiger partial charge on any atom is 0.0728 e. The summed E-state index contributed by atoms with van der Waals surface area (Å²) < 4.78 is 2.03. The summed E-state index contributed by atoms with van der Waals surface area (Å²) in [5.74, 6) is 1.38. The van der Waals surface area contributed by atoms with Crippen LogP contribution in [0.2, 0.25) is 0 Å². The van der Waals surface area contributed by atoms with Crippen LogP contribution in [0.5, 0.6) is 0 Å². The summed E-state index contributed by atoms with van der Waals surface area (Å²) in [6.45, 7) is 5.39. The zero-order valence-electron chi connectivity index (χ0n) is 9.36. The molecule has 0 bridgehead atoms. The Labute approximate surface area is 99.4 Å². The fourth-order valence-electron chi connectivity index (χ4n) is 2.48. The van der Waals surface area contributed by atoms with Gasteiger partial charge in [-0.05, 0) is 32.1 Å². The molecule has 1 aromatic heterocycles. The molecule has 3 nitrogen and oxygen atoms in total. The van der Waals surface area contributed by atoms with E-state index in [1.54, 1.807) is 0 Å². The summed E-state index contributed by atoms with van der Waals surface area (Å²) in [4.78, 5) is 0.666. The minimum absolute atomic E-state index is 0.623. The molecule has 15 heavy (non-hydrogen) atoms. The van der Waals surface area contributed by atoms with E-state index in [9.17, 15) is 0 Å². The molecule has 2 rings (SSSR count). The van der Waals surface area contributed by atoms with E-state index in [0.717, 1.165) is 12.5 Å². The van der Waals surface area contributed by atoms with E-state index in [1.165, 1.54) is 25.0 Å². The van der Waals surface area contributed by atoms with E-state index in [4.69, 9.17) is 0 Å². The molecule has 84 valence electrons. The maximum absolute atomic E-state index is 4.12. The summed E-state index contributed by atoms with van der Waals surface area (Å²) in [7, 11) is 0. The van der Waals surface area contributed by atoms with Gasteiger partial charge in [-0.3, -0.25) is 0 Å². The van der Waals surface area contributed by atoms with Gasteiger partial charge >= 0.3 is 0 Å². The third-order valence-electron chi connectivity index (χ3n) is 3.46. The number of aromatic nitrogens is 3. The summed E-state index contributed by atoms with van der Waals surface area (Å²) >= 11 is 3.74. The Kier molecular flexibility index (Phi) is 3.44. The highest BCUT2D eigenvalue weighted by Crippen LogP contribution is 2.39. The molecular weight excluding hydrogens is 254 g/mol. The average Bonchev–Trinajstić information content (AvgIpc) is 2.69. The van der Waals surface area contributed by atoms with Crippen LogP contribution in [-0.4, -0.2) is 19.8 Å². The number of hydrogen-bond donors (Lipinski definition) is 0. The van der Waals surface area contributed by atoms with Crippen LogP contribution in [0.25, 0.3) is 0 Å². The molecule has 0 aliphatic heterocycles. The lowest BCUT2D eigenvalue weighted by Gasteiger charge is -2.31. The van der Waals surface area contributed by atoms with Gasteiger partial charge in [0, 0.05) is 17.3 Å². The topological polar surface area (TPSA) is 30.7 Å². The minimum atomic E-state index is 0.623. The van der Waals surface area contributed by atoms with Gasteiger partial charge in [0.1, 0.15) is 0 Å². The van der Waals surface area contributed by atoms with Crippen LogP contribution in [0.3, 0.4) is 0 Å². The normalized spacial score (nSPS) is 31.8. The van der Waals surface area contributed by atoms with Gasteiger partial charge in [0.2, 0.25) is 0 Å². The number of alkyl halides is 1. The first-order chi connectivity index (χ1) is 7.22. The van der Waals surface area contributed by atoms with Gasteiger partial charge < -0.3 is 0 Å². The third-order valence-corrected chi connectivity index (χ3v) is 4.29. The standard InChI is InChI=1S/C11H18BrN3/c1-3-15-11(7-13-14-15)10-6-9(12)5-4-8(10)2/h7-10H,3-6H2,1-2H3. The summed E-state index contributed by atoms with van der Waals surface area (Å²) in [6, 6.07) is 0. The third kappa shape index (κ3) is 2.25. The predicted octanol–water partition coefficient (Wildman–Crippen LogP) is 2.97. The zero-order valence-corrected chi connectivity index (χ0v) is 10.9.